The average Bonchev–Trinajstić information content (AvgIpc) is 2.92. The number of rotatable bonds is 5. The van der Waals surface area contributed by atoms with Gasteiger partial charge in [0, 0.05) is 12.1 Å². The van der Waals surface area contributed by atoms with Gasteiger partial charge < -0.3 is 10.6 Å². The third kappa shape index (κ3) is 3.45. The lowest BCUT2D eigenvalue weighted by atomic mass is 10.2. The Morgan fingerprint density at radius 1 is 1.50 bits per heavy atom. The van der Waals surface area contributed by atoms with Gasteiger partial charge in [-0.2, -0.15) is 5.10 Å². The van der Waals surface area contributed by atoms with Crippen molar-refractivity contribution in [1.29, 1.82) is 0 Å². The predicted octanol–water partition coefficient (Wildman–Crippen LogP) is 1.78. The quantitative estimate of drug-likeness (QED) is 0.731. The minimum Gasteiger partial charge on any atom is -0.370 e. The van der Waals surface area contributed by atoms with Crippen LogP contribution in [0.2, 0.25) is 5.15 Å². The van der Waals surface area contributed by atoms with Crippen LogP contribution in [-0.2, 0) is 0 Å². The molecule has 7 nitrogen and oxygen atoms in total. The van der Waals surface area contributed by atoms with E-state index < -0.39 is 0 Å². The fraction of sp³-hybridized carbons (Fsp3) is 0.333. The number of hydrogen-bond donors (Lipinski definition) is 3. The number of H-pyrrole nitrogens is 1. The third-order valence-corrected chi connectivity index (χ3v) is 2.80. The predicted molar refractivity (Wildman–Crippen MR) is 75.7 cm³/mol. The van der Waals surface area contributed by atoms with E-state index in [1.807, 2.05) is 13.8 Å². The molecule has 0 saturated carbocycles. The summed E-state index contributed by atoms with van der Waals surface area (Å²) in [5, 5.41) is 12.6. The lowest BCUT2D eigenvalue weighted by molar-refractivity contribution is 0.0938. The SMILES string of the molecule is CCNc1cc(C(=O)NC(C)c2ncn[nH]2)cc(Cl)n1. The molecule has 0 radical (unpaired) electrons. The zero-order valence-electron chi connectivity index (χ0n) is 11.1. The number of carbonyl (C=O) groups is 1. The molecule has 1 amide bonds. The molecule has 106 valence electrons. The fourth-order valence-electron chi connectivity index (χ4n) is 1.67. The highest BCUT2D eigenvalue weighted by molar-refractivity contribution is 6.29. The first-order valence-corrected chi connectivity index (χ1v) is 6.55. The van der Waals surface area contributed by atoms with Crippen LogP contribution in [0, 0.1) is 0 Å². The number of carbonyl (C=O) groups excluding carboxylic acids is 1. The summed E-state index contributed by atoms with van der Waals surface area (Å²) in [5.74, 6) is 0.903. The Labute approximate surface area is 121 Å². The summed E-state index contributed by atoms with van der Waals surface area (Å²) in [4.78, 5) is 20.2. The molecule has 2 aromatic heterocycles. The van der Waals surface area contributed by atoms with Gasteiger partial charge in [-0.3, -0.25) is 9.89 Å². The van der Waals surface area contributed by atoms with E-state index in [2.05, 4.69) is 30.8 Å². The molecule has 0 aliphatic heterocycles. The maximum absolute atomic E-state index is 12.2. The second kappa shape index (κ2) is 6.33. The maximum Gasteiger partial charge on any atom is 0.252 e. The third-order valence-electron chi connectivity index (χ3n) is 2.61. The summed E-state index contributed by atoms with van der Waals surface area (Å²) in [6, 6.07) is 2.89. The van der Waals surface area contributed by atoms with E-state index in [4.69, 9.17) is 11.6 Å². The van der Waals surface area contributed by atoms with Gasteiger partial charge in [0.05, 0.1) is 6.04 Å². The van der Waals surface area contributed by atoms with Crippen molar-refractivity contribution in [1.82, 2.24) is 25.5 Å². The Morgan fingerprint density at radius 2 is 2.30 bits per heavy atom. The summed E-state index contributed by atoms with van der Waals surface area (Å²) >= 11 is 5.91. The Hall–Kier alpha value is -2.15. The number of amides is 1. The summed E-state index contributed by atoms with van der Waals surface area (Å²) in [6.07, 6.45) is 1.39. The highest BCUT2D eigenvalue weighted by atomic mass is 35.5. The molecule has 0 aromatic carbocycles. The number of pyridine rings is 1. The van der Waals surface area contributed by atoms with Crippen molar-refractivity contribution in [2.75, 3.05) is 11.9 Å². The molecule has 2 rings (SSSR count). The van der Waals surface area contributed by atoms with E-state index in [9.17, 15) is 4.79 Å². The summed E-state index contributed by atoms with van der Waals surface area (Å²) in [6.45, 7) is 4.45. The molecule has 2 heterocycles. The molecule has 0 saturated heterocycles. The number of aromatic nitrogens is 4. The normalized spacial score (nSPS) is 11.9. The molecule has 2 aromatic rings. The van der Waals surface area contributed by atoms with Crippen LogP contribution in [0.4, 0.5) is 5.82 Å². The van der Waals surface area contributed by atoms with E-state index in [0.29, 0.717) is 23.8 Å². The number of aromatic amines is 1. The van der Waals surface area contributed by atoms with Crippen LogP contribution in [0.5, 0.6) is 0 Å². The van der Waals surface area contributed by atoms with Gasteiger partial charge in [-0.05, 0) is 26.0 Å². The fourth-order valence-corrected chi connectivity index (χ4v) is 1.88. The van der Waals surface area contributed by atoms with Crippen molar-refractivity contribution in [2.24, 2.45) is 0 Å². The monoisotopic (exact) mass is 294 g/mol. The van der Waals surface area contributed by atoms with Crippen molar-refractivity contribution >= 4 is 23.3 Å². The van der Waals surface area contributed by atoms with Crippen molar-refractivity contribution in [3.05, 3.63) is 35.0 Å². The zero-order valence-corrected chi connectivity index (χ0v) is 11.9. The molecule has 0 spiro atoms. The lowest BCUT2D eigenvalue weighted by Gasteiger charge is -2.12. The van der Waals surface area contributed by atoms with Gasteiger partial charge in [-0.15, -0.1) is 0 Å². The summed E-state index contributed by atoms with van der Waals surface area (Å²) < 4.78 is 0. The standard InChI is InChI=1S/C12H15ClN6O/c1-3-14-10-5-8(4-9(13)18-10)12(20)17-7(2)11-15-6-16-19-11/h4-7H,3H2,1-2H3,(H,14,18)(H,17,20)(H,15,16,19). The van der Waals surface area contributed by atoms with Gasteiger partial charge in [0.15, 0.2) is 0 Å². The Bertz CT molecular complexity index is 586. The molecule has 0 fully saturated rings. The topological polar surface area (TPSA) is 95.6 Å². The molecule has 3 N–H and O–H groups in total. The molecular weight excluding hydrogens is 280 g/mol. The first-order chi connectivity index (χ1) is 9.60. The Kier molecular flexibility index (Phi) is 4.52. The van der Waals surface area contributed by atoms with Gasteiger partial charge in [0.2, 0.25) is 0 Å². The van der Waals surface area contributed by atoms with Gasteiger partial charge in [0.25, 0.3) is 5.91 Å². The highest BCUT2D eigenvalue weighted by Crippen LogP contribution is 2.15. The van der Waals surface area contributed by atoms with Crippen LogP contribution in [0.1, 0.15) is 36.1 Å². The van der Waals surface area contributed by atoms with Gasteiger partial charge in [-0.25, -0.2) is 9.97 Å². The largest absolute Gasteiger partial charge is 0.370 e. The second-order valence-corrected chi connectivity index (χ2v) is 4.55. The maximum atomic E-state index is 12.2. The molecule has 0 aliphatic rings. The van der Waals surface area contributed by atoms with Crippen LogP contribution in [-0.4, -0.2) is 32.6 Å². The number of anilines is 1. The van der Waals surface area contributed by atoms with E-state index in [1.165, 1.54) is 12.4 Å². The first-order valence-electron chi connectivity index (χ1n) is 6.17. The highest BCUT2D eigenvalue weighted by Gasteiger charge is 2.15. The van der Waals surface area contributed by atoms with E-state index in [1.54, 1.807) is 6.07 Å². The van der Waals surface area contributed by atoms with Crippen molar-refractivity contribution in [3.63, 3.8) is 0 Å². The van der Waals surface area contributed by atoms with Crippen LogP contribution >= 0.6 is 11.6 Å². The first kappa shape index (κ1) is 14.3. The van der Waals surface area contributed by atoms with Crippen molar-refractivity contribution < 1.29 is 4.79 Å². The summed E-state index contributed by atoms with van der Waals surface area (Å²) in [7, 11) is 0. The van der Waals surface area contributed by atoms with Gasteiger partial charge >= 0.3 is 0 Å². The number of nitrogens with zero attached hydrogens (tertiary/aromatic N) is 3. The lowest BCUT2D eigenvalue weighted by Crippen LogP contribution is -2.27. The van der Waals surface area contributed by atoms with Crippen LogP contribution < -0.4 is 10.6 Å². The van der Waals surface area contributed by atoms with Crippen molar-refractivity contribution in [2.45, 2.75) is 19.9 Å². The Morgan fingerprint density at radius 3 is 2.95 bits per heavy atom. The van der Waals surface area contributed by atoms with E-state index in [-0.39, 0.29) is 17.1 Å². The zero-order chi connectivity index (χ0) is 14.5. The molecule has 1 atom stereocenters. The van der Waals surface area contributed by atoms with Gasteiger partial charge in [-0.1, -0.05) is 11.6 Å². The van der Waals surface area contributed by atoms with Crippen molar-refractivity contribution in [3.8, 4) is 0 Å². The van der Waals surface area contributed by atoms with Crippen LogP contribution in [0.3, 0.4) is 0 Å². The number of nitrogens with one attached hydrogen (secondary N) is 3. The number of hydrogen-bond acceptors (Lipinski definition) is 5. The Balaban J connectivity index is 2.12. The molecule has 20 heavy (non-hydrogen) atoms. The van der Waals surface area contributed by atoms with Crippen LogP contribution in [0.15, 0.2) is 18.5 Å². The molecule has 0 bridgehead atoms. The molecule has 1 unspecified atom stereocenters. The van der Waals surface area contributed by atoms with Gasteiger partial charge in [0.1, 0.15) is 23.1 Å². The smallest absolute Gasteiger partial charge is 0.252 e. The van der Waals surface area contributed by atoms with E-state index >= 15 is 0 Å². The molecule has 0 aliphatic carbocycles. The average molecular weight is 295 g/mol. The molecule has 8 heteroatoms. The minimum atomic E-state index is -0.278. The van der Waals surface area contributed by atoms with E-state index in [0.717, 1.165) is 0 Å². The summed E-state index contributed by atoms with van der Waals surface area (Å²) in [5.41, 5.74) is 0.437. The minimum absolute atomic E-state index is 0.252. The molecular formula is C12H15ClN6O. The van der Waals surface area contributed by atoms with Crippen LogP contribution in [0.25, 0.3) is 0 Å². The second-order valence-electron chi connectivity index (χ2n) is 4.16. The number of halogens is 1.